The predicted octanol–water partition coefficient (Wildman–Crippen LogP) is 4.66. The van der Waals surface area contributed by atoms with E-state index in [9.17, 15) is 18.0 Å². The van der Waals surface area contributed by atoms with E-state index in [0.717, 1.165) is 11.3 Å². The summed E-state index contributed by atoms with van der Waals surface area (Å²) in [5, 5.41) is 8.94. The highest BCUT2D eigenvalue weighted by atomic mass is 19.4. The number of halogens is 3. The first-order valence-electron chi connectivity index (χ1n) is 10.3. The molecule has 3 aromatic rings. The summed E-state index contributed by atoms with van der Waals surface area (Å²) in [5.41, 5.74) is 2.26. The minimum atomic E-state index is -4.73. The molecule has 12 heteroatoms. The maximum atomic E-state index is 12.2. The highest BCUT2D eigenvalue weighted by Crippen LogP contribution is 2.26. The Labute approximate surface area is 193 Å². The van der Waals surface area contributed by atoms with Crippen molar-refractivity contribution >= 4 is 29.2 Å². The van der Waals surface area contributed by atoms with Gasteiger partial charge < -0.3 is 25.4 Å². The zero-order valence-corrected chi connectivity index (χ0v) is 18.4. The van der Waals surface area contributed by atoms with Crippen molar-refractivity contribution in [1.82, 2.24) is 15.0 Å². The Morgan fingerprint density at radius 2 is 1.68 bits per heavy atom. The summed E-state index contributed by atoms with van der Waals surface area (Å²) in [5.74, 6) is 0.652. The number of hydrogen-bond acceptors (Lipinski definition) is 8. The molecule has 0 aliphatic heterocycles. The molecule has 1 aromatic heterocycles. The average Bonchev–Trinajstić information content (AvgIpc) is 2.76. The monoisotopic (exact) mass is 476 g/mol. The van der Waals surface area contributed by atoms with Gasteiger partial charge >= 0.3 is 6.36 Å². The van der Waals surface area contributed by atoms with Crippen LogP contribution in [-0.4, -0.2) is 40.4 Å². The molecule has 3 N–H and O–H groups in total. The number of aromatic nitrogens is 3. The van der Waals surface area contributed by atoms with Gasteiger partial charge in [0.15, 0.2) is 0 Å². The van der Waals surface area contributed by atoms with Gasteiger partial charge in [0.25, 0.3) is 0 Å². The van der Waals surface area contributed by atoms with Crippen LogP contribution in [0.4, 0.5) is 36.4 Å². The SMILES string of the molecule is CC(=O)Nc1cccc(Nc2ncnc(NCCCOc3ccc(OC(F)(F)F)cc3)n2)c1C. The quantitative estimate of drug-likeness (QED) is 0.363. The third-order valence-electron chi connectivity index (χ3n) is 4.39. The van der Waals surface area contributed by atoms with E-state index < -0.39 is 6.36 Å². The van der Waals surface area contributed by atoms with Gasteiger partial charge in [-0.2, -0.15) is 4.98 Å². The van der Waals surface area contributed by atoms with Crippen molar-refractivity contribution < 1.29 is 27.4 Å². The summed E-state index contributed by atoms with van der Waals surface area (Å²) in [4.78, 5) is 23.8. The summed E-state index contributed by atoms with van der Waals surface area (Å²) >= 11 is 0. The molecule has 3 rings (SSSR count). The summed E-state index contributed by atoms with van der Waals surface area (Å²) in [6.45, 7) is 4.14. The second-order valence-electron chi connectivity index (χ2n) is 7.07. The molecule has 180 valence electrons. The zero-order valence-electron chi connectivity index (χ0n) is 18.4. The molecule has 0 aliphatic rings. The molecule has 0 spiro atoms. The first-order valence-corrected chi connectivity index (χ1v) is 10.3. The van der Waals surface area contributed by atoms with E-state index in [1.54, 1.807) is 12.1 Å². The van der Waals surface area contributed by atoms with Crippen LogP contribution in [0, 0.1) is 6.92 Å². The van der Waals surface area contributed by atoms with Gasteiger partial charge in [-0.3, -0.25) is 4.79 Å². The molecular weight excluding hydrogens is 453 g/mol. The Balaban J connectivity index is 1.46. The van der Waals surface area contributed by atoms with Crippen molar-refractivity contribution in [2.45, 2.75) is 26.6 Å². The molecule has 0 bridgehead atoms. The summed E-state index contributed by atoms with van der Waals surface area (Å²) in [7, 11) is 0. The maximum absolute atomic E-state index is 12.2. The summed E-state index contributed by atoms with van der Waals surface area (Å²) in [6, 6.07) is 10.6. The number of nitrogens with one attached hydrogen (secondary N) is 3. The number of rotatable bonds is 10. The number of carbonyl (C=O) groups excluding carboxylic acids is 1. The van der Waals surface area contributed by atoms with Crippen LogP contribution in [0.2, 0.25) is 0 Å². The van der Waals surface area contributed by atoms with Crippen LogP contribution < -0.4 is 25.4 Å². The molecule has 9 nitrogen and oxygen atoms in total. The predicted molar refractivity (Wildman–Crippen MR) is 120 cm³/mol. The Bertz CT molecular complexity index is 1110. The number of alkyl halides is 3. The van der Waals surface area contributed by atoms with Gasteiger partial charge in [0.2, 0.25) is 17.8 Å². The van der Waals surface area contributed by atoms with Crippen LogP contribution in [0.1, 0.15) is 18.9 Å². The highest BCUT2D eigenvalue weighted by Gasteiger charge is 2.30. The molecule has 2 aromatic carbocycles. The lowest BCUT2D eigenvalue weighted by molar-refractivity contribution is -0.274. The van der Waals surface area contributed by atoms with E-state index in [2.05, 4.69) is 35.6 Å². The van der Waals surface area contributed by atoms with Gasteiger partial charge in [-0.15, -0.1) is 13.2 Å². The third kappa shape index (κ3) is 7.80. The Hall–Kier alpha value is -4.09. The fourth-order valence-corrected chi connectivity index (χ4v) is 2.86. The second kappa shape index (κ2) is 11.2. The van der Waals surface area contributed by atoms with Crippen molar-refractivity contribution in [2.75, 3.05) is 29.1 Å². The lowest BCUT2D eigenvalue weighted by atomic mass is 10.1. The Morgan fingerprint density at radius 1 is 1.00 bits per heavy atom. The van der Waals surface area contributed by atoms with Crippen molar-refractivity contribution in [3.8, 4) is 11.5 Å². The molecule has 1 heterocycles. The third-order valence-corrected chi connectivity index (χ3v) is 4.39. The molecule has 0 aliphatic carbocycles. The number of amides is 1. The number of carbonyl (C=O) groups is 1. The van der Waals surface area contributed by atoms with E-state index in [1.807, 2.05) is 13.0 Å². The van der Waals surface area contributed by atoms with Gasteiger partial charge in [-0.1, -0.05) is 6.07 Å². The zero-order chi connectivity index (χ0) is 24.6. The van der Waals surface area contributed by atoms with Gasteiger partial charge in [-0.05, 0) is 55.3 Å². The molecule has 0 radical (unpaired) electrons. The standard InChI is InChI=1S/C22H23F3N6O3/c1-14-18(29-15(2)32)5-3-6-19(14)30-21-28-13-27-20(31-21)26-11-4-12-33-16-7-9-17(10-8-16)34-22(23,24)25/h3,5-10,13H,4,11-12H2,1-2H3,(H,29,32)(H2,26,27,28,30,31). The fourth-order valence-electron chi connectivity index (χ4n) is 2.86. The second-order valence-corrected chi connectivity index (χ2v) is 7.07. The van der Waals surface area contributed by atoms with Crippen molar-refractivity contribution in [2.24, 2.45) is 0 Å². The summed E-state index contributed by atoms with van der Waals surface area (Å²) < 4.78 is 45.9. The Morgan fingerprint density at radius 3 is 2.38 bits per heavy atom. The summed E-state index contributed by atoms with van der Waals surface area (Å²) in [6.07, 6.45) is -2.77. The molecule has 0 unspecified atom stereocenters. The smallest absolute Gasteiger partial charge is 0.494 e. The first-order chi connectivity index (χ1) is 16.2. The number of anilines is 4. The topological polar surface area (TPSA) is 110 Å². The maximum Gasteiger partial charge on any atom is 0.573 e. The normalized spacial score (nSPS) is 11.0. The highest BCUT2D eigenvalue weighted by molar-refractivity contribution is 5.90. The Kier molecular flexibility index (Phi) is 8.06. The number of nitrogens with zero attached hydrogens (tertiary/aromatic N) is 3. The van der Waals surface area contributed by atoms with Crippen LogP contribution in [0.25, 0.3) is 0 Å². The van der Waals surface area contributed by atoms with E-state index in [-0.39, 0.29) is 11.7 Å². The van der Waals surface area contributed by atoms with Crippen LogP contribution in [0.3, 0.4) is 0 Å². The number of hydrogen-bond donors (Lipinski definition) is 3. The molecule has 0 saturated heterocycles. The molecule has 0 saturated carbocycles. The number of benzene rings is 2. The van der Waals surface area contributed by atoms with Crippen LogP contribution in [0.15, 0.2) is 48.8 Å². The minimum absolute atomic E-state index is 0.164. The van der Waals surface area contributed by atoms with Gasteiger partial charge in [0, 0.05) is 24.8 Å². The van der Waals surface area contributed by atoms with Crippen LogP contribution in [-0.2, 0) is 4.79 Å². The lowest BCUT2D eigenvalue weighted by Crippen LogP contribution is -2.17. The molecular formula is C22H23F3N6O3. The largest absolute Gasteiger partial charge is 0.573 e. The van der Waals surface area contributed by atoms with Crippen molar-refractivity contribution in [1.29, 1.82) is 0 Å². The molecule has 0 fully saturated rings. The molecule has 1 amide bonds. The average molecular weight is 476 g/mol. The van der Waals surface area contributed by atoms with Gasteiger partial charge in [0.05, 0.1) is 6.61 Å². The van der Waals surface area contributed by atoms with Crippen molar-refractivity contribution in [3.05, 3.63) is 54.4 Å². The van der Waals surface area contributed by atoms with Crippen LogP contribution >= 0.6 is 0 Å². The fraction of sp³-hybridized carbons (Fsp3) is 0.273. The van der Waals surface area contributed by atoms with E-state index >= 15 is 0 Å². The van der Waals surface area contributed by atoms with Crippen LogP contribution in [0.5, 0.6) is 11.5 Å². The van der Waals surface area contributed by atoms with Gasteiger partial charge in [-0.25, -0.2) is 9.97 Å². The van der Waals surface area contributed by atoms with Gasteiger partial charge in [0.1, 0.15) is 17.8 Å². The van der Waals surface area contributed by atoms with Crippen molar-refractivity contribution in [3.63, 3.8) is 0 Å². The van der Waals surface area contributed by atoms with E-state index in [4.69, 9.17) is 4.74 Å². The first kappa shape index (κ1) is 24.6. The minimum Gasteiger partial charge on any atom is -0.494 e. The van der Waals surface area contributed by atoms with E-state index in [0.29, 0.717) is 42.9 Å². The lowest BCUT2D eigenvalue weighted by Gasteiger charge is -2.13. The number of ether oxygens (including phenoxy) is 2. The molecule has 0 atom stereocenters. The molecule has 34 heavy (non-hydrogen) atoms. The van der Waals surface area contributed by atoms with E-state index in [1.165, 1.54) is 37.5 Å².